The second-order valence-corrected chi connectivity index (χ2v) is 3.99. The van der Waals surface area contributed by atoms with Gasteiger partial charge in [0.1, 0.15) is 0 Å². The molecule has 3 N–H and O–H groups in total. The van der Waals surface area contributed by atoms with Crippen molar-refractivity contribution in [2.75, 3.05) is 13.1 Å². The number of hydrogen-bond donors (Lipinski definition) is 2. The number of nitrogens with two attached hydrogens (primary N) is 1. The van der Waals surface area contributed by atoms with Gasteiger partial charge in [-0.2, -0.15) is 5.10 Å². The molecule has 2 heterocycles. The van der Waals surface area contributed by atoms with Gasteiger partial charge in [0, 0.05) is 18.8 Å². The Balaban J connectivity index is 2.17. The van der Waals surface area contributed by atoms with Crippen LogP contribution in [0.2, 0.25) is 0 Å². The van der Waals surface area contributed by atoms with Crippen molar-refractivity contribution in [3.63, 3.8) is 0 Å². The molecular weight excluding hydrogens is 176 g/mol. The van der Waals surface area contributed by atoms with Gasteiger partial charge in [0.25, 0.3) is 0 Å². The Labute approximate surface area is 84.5 Å². The molecule has 1 aliphatic rings. The molecule has 0 spiro atoms. The van der Waals surface area contributed by atoms with Crippen LogP contribution >= 0.6 is 0 Å². The van der Waals surface area contributed by atoms with Crippen molar-refractivity contribution in [1.82, 2.24) is 15.1 Å². The zero-order chi connectivity index (χ0) is 9.97. The highest BCUT2D eigenvalue weighted by Crippen LogP contribution is 2.20. The molecule has 1 aromatic rings. The van der Waals surface area contributed by atoms with Crippen LogP contribution in [0.5, 0.6) is 0 Å². The average Bonchev–Trinajstić information content (AvgIpc) is 2.67. The Morgan fingerprint density at radius 1 is 1.71 bits per heavy atom. The van der Waals surface area contributed by atoms with E-state index in [-0.39, 0.29) is 6.04 Å². The Hall–Kier alpha value is -0.870. The normalized spacial score (nSPS) is 24.9. The van der Waals surface area contributed by atoms with E-state index >= 15 is 0 Å². The lowest BCUT2D eigenvalue weighted by atomic mass is 10.1. The van der Waals surface area contributed by atoms with Crippen LogP contribution in [0, 0.1) is 0 Å². The van der Waals surface area contributed by atoms with Crippen molar-refractivity contribution in [2.24, 2.45) is 5.73 Å². The topological polar surface area (TPSA) is 55.9 Å². The fraction of sp³-hybridized carbons (Fsp3) is 0.700. The van der Waals surface area contributed by atoms with Crippen molar-refractivity contribution in [1.29, 1.82) is 0 Å². The Morgan fingerprint density at radius 2 is 2.57 bits per heavy atom. The maximum atomic E-state index is 5.88. The summed E-state index contributed by atoms with van der Waals surface area (Å²) in [5.74, 6) is 0. The average molecular weight is 194 g/mol. The maximum Gasteiger partial charge on any atom is 0.0647 e. The molecule has 0 radical (unpaired) electrons. The van der Waals surface area contributed by atoms with Gasteiger partial charge in [-0.15, -0.1) is 0 Å². The molecule has 4 heteroatoms. The minimum atomic E-state index is 0.0689. The van der Waals surface area contributed by atoms with Crippen LogP contribution in [0.4, 0.5) is 0 Å². The number of rotatable bonds is 2. The zero-order valence-electron chi connectivity index (χ0n) is 8.61. The van der Waals surface area contributed by atoms with Crippen molar-refractivity contribution >= 4 is 0 Å². The Morgan fingerprint density at radius 3 is 3.21 bits per heavy atom. The summed E-state index contributed by atoms with van der Waals surface area (Å²) in [5.41, 5.74) is 7.02. The largest absolute Gasteiger partial charge is 0.323 e. The van der Waals surface area contributed by atoms with Crippen LogP contribution in [-0.4, -0.2) is 22.9 Å². The van der Waals surface area contributed by atoms with E-state index in [1.807, 2.05) is 19.2 Å². The summed E-state index contributed by atoms with van der Waals surface area (Å²) in [6.07, 6.45) is 4.27. The van der Waals surface area contributed by atoms with E-state index in [1.165, 1.54) is 12.8 Å². The van der Waals surface area contributed by atoms with E-state index in [9.17, 15) is 0 Å². The monoisotopic (exact) mass is 194 g/mol. The Kier molecular flexibility index (Phi) is 2.84. The third-order valence-electron chi connectivity index (χ3n) is 2.78. The minimum Gasteiger partial charge on any atom is -0.323 e. The third-order valence-corrected chi connectivity index (χ3v) is 2.78. The van der Waals surface area contributed by atoms with E-state index in [4.69, 9.17) is 5.73 Å². The summed E-state index contributed by atoms with van der Waals surface area (Å²) >= 11 is 0. The lowest BCUT2D eigenvalue weighted by Gasteiger charge is -2.25. The van der Waals surface area contributed by atoms with Gasteiger partial charge in [0.15, 0.2) is 0 Å². The number of nitrogens with one attached hydrogen (secondary N) is 1. The van der Waals surface area contributed by atoms with Crippen molar-refractivity contribution in [3.05, 3.63) is 18.0 Å². The number of aromatic nitrogens is 2. The molecule has 1 fully saturated rings. The molecule has 2 rings (SSSR count). The van der Waals surface area contributed by atoms with E-state index in [2.05, 4.69) is 15.1 Å². The van der Waals surface area contributed by atoms with Gasteiger partial charge >= 0.3 is 0 Å². The van der Waals surface area contributed by atoms with E-state index < -0.39 is 0 Å². The quantitative estimate of drug-likeness (QED) is 0.733. The molecule has 1 aliphatic heterocycles. The molecule has 2 unspecified atom stereocenters. The van der Waals surface area contributed by atoms with E-state index in [0.29, 0.717) is 6.04 Å². The first kappa shape index (κ1) is 9.68. The lowest BCUT2D eigenvalue weighted by molar-refractivity contribution is 0.335. The molecule has 0 bridgehead atoms. The summed E-state index contributed by atoms with van der Waals surface area (Å²) < 4.78 is 2.08. The predicted octanol–water partition coefficient (Wildman–Crippen LogP) is 0.827. The zero-order valence-corrected chi connectivity index (χ0v) is 8.61. The van der Waals surface area contributed by atoms with Crippen molar-refractivity contribution in [3.8, 4) is 0 Å². The highest BCUT2D eigenvalue weighted by molar-refractivity contribution is 5.06. The summed E-state index contributed by atoms with van der Waals surface area (Å²) in [6, 6.07) is 2.57. The smallest absolute Gasteiger partial charge is 0.0647 e. The second kappa shape index (κ2) is 4.11. The maximum absolute atomic E-state index is 5.88. The van der Waals surface area contributed by atoms with Gasteiger partial charge in [-0.3, -0.25) is 4.68 Å². The molecule has 2 atom stereocenters. The van der Waals surface area contributed by atoms with Crippen LogP contribution in [0.1, 0.15) is 37.5 Å². The molecule has 1 saturated heterocycles. The highest BCUT2D eigenvalue weighted by atomic mass is 15.3. The number of nitrogens with zero attached hydrogens (tertiary/aromatic N) is 2. The first-order valence-corrected chi connectivity index (χ1v) is 5.28. The molecule has 78 valence electrons. The molecule has 1 aromatic heterocycles. The minimum absolute atomic E-state index is 0.0689. The molecule has 0 aliphatic carbocycles. The highest BCUT2D eigenvalue weighted by Gasteiger charge is 2.18. The third kappa shape index (κ3) is 1.81. The van der Waals surface area contributed by atoms with Gasteiger partial charge in [-0.25, -0.2) is 0 Å². The Bertz CT molecular complexity index is 286. The second-order valence-electron chi connectivity index (χ2n) is 3.99. The van der Waals surface area contributed by atoms with Crippen LogP contribution < -0.4 is 11.1 Å². The molecule has 0 saturated carbocycles. The number of hydrogen-bond acceptors (Lipinski definition) is 3. The molecule has 4 nitrogen and oxygen atoms in total. The van der Waals surface area contributed by atoms with Gasteiger partial charge < -0.3 is 11.1 Å². The summed E-state index contributed by atoms with van der Waals surface area (Å²) in [6.45, 7) is 4.15. The first-order chi connectivity index (χ1) is 6.79. The first-order valence-electron chi connectivity index (χ1n) is 5.28. The SMILES string of the molecule is CC(N)c1ccnn1C1CCCNC1. The summed E-state index contributed by atoms with van der Waals surface area (Å²) in [5, 5.41) is 7.75. The van der Waals surface area contributed by atoms with Gasteiger partial charge in [-0.1, -0.05) is 0 Å². The standard InChI is InChI=1S/C10H18N4/c1-8(11)10-4-6-13-14(10)9-3-2-5-12-7-9/h4,6,8-9,12H,2-3,5,7,11H2,1H3. The lowest BCUT2D eigenvalue weighted by Crippen LogP contribution is -2.33. The van der Waals surface area contributed by atoms with Gasteiger partial charge in [0.2, 0.25) is 0 Å². The van der Waals surface area contributed by atoms with Gasteiger partial charge in [0.05, 0.1) is 11.7 Å². The van der Waals surface area contributed by atoms with Crippen LogP contribution in [0.25, 0.3) is 0 Å². The fourth-order valence-corrected chi connectivity index (χ4v) is 2.03. The van der Waals surface area contributed by atoms with E-state index in [1.54, 1.807) is 0 Å². The molecule has 0 aromatic carbocycles. The van der Waals surface area contributed by atoms with Crippen LogP contribution in [0.3, 0.4) is 0 Å². The summed E-state index contributed by atoms with van der Waals surface area (Å²) in [7, 11) is 0. The van der Waals surface area contributed by atoms with E-state index in [0.717, 1.165) is 18.8 Å². The summed E-state index contributed by atoms with van der Waals surface area (Å²) in [4.78, 5) is 0. The predicted molar refractivity (Wildman–Crippen MR) is 56.0 cm³/mol. The van der Waals surface area contributed by atoms with Crippen molar-refractivity contribution < 1.29 is 0 Å². The fourth-order valence-electron chi connectivity index (χ4n) is 2.03. The molecule has 0 amide bonds. The number of piperidine rings is 1. The van der Waals surface area contributed by atoms with Crippen molar-refractivity contribution in [2.45, 2.75) is 31.8 Å². The van der Waals surface area contributed by atoms with Crippen LogP contribution in [-0.2, 0) is 0 Å². The van der Waals surface area contributed by atoms with Gasteiger partial charge in [-0.05, 0) is 32.4 Å². The molecule has 14 heavy (non-hydrogen) atoms. The molecular formula is C10H18N4. The van der Waals surface area contributed by atoms with Crippen LogP contribution in [0.15, 0.2) is 12.3 Å².